The topological polar surface area (TPSA) is 0 Å². The summed E-state index contributed by atoms with van der Waals surface area (Å²) in [5.41, 5.74) is 0. The van der Waals surface area contributed by atoms with Gasteiger partial charge in [-0.2, -0.15) is 0 Å². The maximum Gasteiger partial charge on any atom is 0.0579 e. The van der Waals surface area contributed by atoms with Crippen LogP contribution in [0.5, 0.6) is 0 Å². The molecule has 13 heavy (non-hydrogen) atoms. The maximum absolute atomic E-state index is 5.89. The summed E-state index contributed by atoms with van der Waals surface area (Å²) < 4.78 is 2.47. The number of thiophene rings is 1. The summed E-state index contributed by atoms with van der Waals surface area (Å²) in [5, 5.41) is 2.04. The number of benzene rings is 1. The Hall–Kier alpha value is 0.490. The van der Waals surface area contributed by atoms with Crippen LogP contribution < -0.4 is 0 Å². The molecule has 0 bridgehead atoms. The first-order valence-corrected chi connectivity index (χ1v) is 6.45. The lowest BCUT2D eigenvalue weighted by molar-refractivity contribution is 1.51. The van der Waals surface area contributed by atoms with Gasteiger partial charge in [-0.05, 0) is 34.7 Å². The van der Waals surface area contributed by atoms with Gasteiger partial charge in [-0.25, -0.2) is 0 Å². The minimum atomic E-state index is 0.579. The predicted octanol–water partition coefficient (Wildman–Crippen LogP) is 4.90. The Labute approximate surface area is 104 Å². The average Bonchev–Trinajstić information content (AvgIpc) is 2.42. The van der Waals surface area contributed by atoms with Gasteiger partial charge in [0.25, 0.3) is 0 Å². The highest BCUT2D eigenvalue weighted by Crippen LogP contribution is 2.34. The van der Waals surface area contributed by atoms with Crippen molar-refractivity contribution in [3.8, 4) is 0 Å². The number of hydrogen-bond acceptors (Lipinski definition) is 1. The van der Waals surface area contributed by atoms with Crippen molar-refractivity contribution in [2.75, 3.05) is 0 Å². The molecule has 0 aliphatic heterocycles. The van der Waals surface area contributed by atoms with E-state index >= 15 is 0 Å². The van der Waals surface area contributed by atoms with E-state index in [4.69, 9.17) is 23.2 Å². The molecule has 2 rings (SSSR count). The molecule has 1 heterocycles. The molecule has 0 N–H and O–H groups in total. The van der Waals surface area contributed by atoms with Gasteiger partial charge < -0.3 is 0 Å². The van der Waals surface area contributed by atoms with E-state index in [1.807, 2.05) is 18.2 Å². The van der Waals surface area contributed by atoms with Crippen LogP contribution in [0.1, 0.15) is 4.88 Å². The molecule has 0 aliphatic rings. The highest BCUT2D eigenvalue weighted by Gasteiger charge is 2.08. The fourth-order valence-corrected chi connectivity index (χ4v) is 4.10. The van der Waals surface area contributed by atoms with Crippen molar-refractivity contribution in [2.24, 2.45) is 0 Å². The molecule has 0 atom stereocenters. The standard InChI is InChI=1S/C9H5Cl2IS/c10-4-8-9(12)6-2-1-5(11)3-7(6)13-8/h1-3H,4H2. The van der Waals surface area contributed by atoms with E-state index < -0.39 is 0 Å². The Kier molecular flexibility index (Phi) is 3.03. The lowest BCUT2D eigenvalue weighted by Crippen LogP contribution is -1.72. The van der Waals surface area contributed by atoms with Crippen molar-refractivity contribution in [2.45, 2.75) is 5.88 Å². The van der Waals surface area contributed by atoms with Crippen molar-refractivity contribution in [3.63, 3.8) is 0 Å². The van der Waals surface area contributed by atoms with Crippen LogP contribution in [0.15, 0.2) is 18.2 Å². The summed E-state index contributed by atoms with van der Waals surface area (Å²) >= 11 is 15.8. The van der Waals surface area contributed by atoms with Crippen LogP contribution in [0.4, 0.5) is 0 Å². The van der Waals surface area contributed by atoms with Gasteiger partial charge in [0.15, 0.2) is 0 Å². The fraction of sp³-hybridized carbons (Fsp3) is 0.111. The van der Waals surface area contributed by atoms with Crippen molar-refractivity contribution in [3.05, 3.63) is 31.7 Å². The largest absolute Gasteiger partial charge is 0.138 e. The predicted molar refractivity (Wildman–Crippen MR) is 69.1 cm³/mol. The van der Waals surface area contributed by atoms with E-state index in [9.17, 15) is 0 Å². The minimum Gasteiger partial charge on any atom is -0.138 e. The van der Waals surface area contributed by atoms with Gasteiger partial charge in [0.05, 0.1) is 5.88 Å². The van der Waals surface area contributed by atoms with Crippen molar-refractivity contribution in [1.29, 1.82) is 0 Å². The Bertz CT molecular complexity index is 450. The van der Waals surface area contributed by atoms with Crippen molar-refractivity contribution in [1.82, 2.24) is 0 Å². The van der Waals surface area contributed by atoms with E-state index in [-0.39, 0.29) is 0 Å². The third-order valence-electron chi connectivity index (χ3n) is 1.78. The third-order valence-corrected chi connectivity index (χ3v) is 5.19. The van der Waals surface area contributed by atoms with E-state index in [1.54, 1.807) is 11.3 Å². The van der Waals surface area contributed by atoms with Gasteiger partial charge in [0.1, 0.15) is 0 Å². The second-order valence-electron chi connectivity index (χ2n) is 2.61. The Morgan fingerprint density at radius 1 is 1.38 bits per heavy atom. The highest BCUT2D eigenvalue weighted by molar-refractivity contribution is 14.1. The Balaban J connectivity index is 2.76. The first-order chi connectivity index (χ1) is 6.22. The van der Waals surface area contributed by atoms with Crippen LogP contribution in [-0.4, -0.2) is 0 Å². The van der Waals surface area contributed by atoms with Crippen LogP contribution >= 0.6 is 57.1 Å². The van der Waals surface area contributed by atoms with Crippen LogP contribution in [0.25, 0.3) is 10.1 Å². The van der Waals surface area contributed by atoms with Crippen molar-refractivity contribution >= 4 is 67.2 Å². The molecule has 4 heteroatoms. The van der Waals surface area contributed by atoms with Crippen LogP contribution in [-0.2, 0) is 5.88 Å². The molecule has 68 valence electrons. The van der Waals surface area contributed by atoms with Crippen LogP contribution in [0.3, 0.4) is 0 Å². The second-order valence-corrected chi connectivity index (χ2v) is 5.53. The molecule has 0 amide bonds. The van der Waals surface area contributed by atoms with Gasteiger partial charge in [0, 0.05) is 23.6 Å². The molecule has 0 saturated carbocycles. The van der Waals surface area contributed by atoms with E-state index in [0.717, 1.165) is 5.02 Å². The molecule has 1 aromatic heterocycles. The first kappa shape index (κ1) is 10.0. The van der Waals surface area contributed by atoms with Gasteiger partial charge in [-0.3, -0.25) is 0 Å². The summed E-state index contributed by atoms with van der Waals surface area (Å²) in [6, 6.07) is 5.95. The molecule has 2 aromatic rings. The number of rotatable bonds is 1. The normalized spacial score (nSPS) is 11.0. The molecule has 0 unspecified atom stereocenters. The molecule has 0 fully saturated rings. The zero-order chi connectivity index (χ0) is 9.42. The van der Waals surface area contributed by atoms with Gasteiger partial charge in [-0.15, -0.1) is 22.9 Å². The Morgan fingerprint density at radius 3 is 2.85 bits per heavy atom. The SMILES string of the molecule is ClCc1sc2cc(Cl)ccc2c1I. The Morgan fingerprint density at radius 2 is 2.15 bits per heavy atom. The zero-order valence-electron chi connectivity index (χ0n) is 6.48. The lowest BCUT2D eigenvalue weighted by Gasteiger charge is -1.91. The molecule has 0 radical (unpaired) electrons. The molecular formula is C9H5Cl2IS. The monoisotopic (exact) mass is 342 g/mol. The quantitative estimate of drug-likeness (QED) is 0.511. The molecular weight excluding hydrogens is 338 g/mol. The number of fused-ring (bicyclic) bond motifs is 1. The maximum atomic E-state index is 5.89. The summed E-state index contributed by atoms with van der Waals surface area (Å²) in [6.07, 6.45) is 0. The van der Waals surface area contributed by atoms with Gasteiger partial charge >= 0.3 is 0 Å². The van der Waals surface area contributed by atoms with Crippen molar-refractivity contribution < 1.29 is 0 Å². The van der Waals surface area contributed by atoms with Crippen LogP contribution in [0.2, 0.25) is 5.02 Å². The molecule has 0 aliphatic carbocycles. The first-order valence-electron chi connectivity index (χ1n) is 3.65. The second kappa shape index (κ2) is 3.93. The van der Waals surface area contributed by atoms with E-state index in [0.29, 0.717) is 5.88 Å². The third kappa shape index (κ3) is 1.82. The lowest BCUT2D eigenvalue weighted by atomic mass is 10.2. The van der Waals surface area contributed by atoms with Crippen LogP contribution in [0, 0.1) is 3.57 Å². The van der Waals surface area contributed by atoms with E-state index in [2.05, 4.69) is 22.6 Å². The number of halogens is 3. The fourth-order valence-electron chi connectivity index (χ4n) is 1.18. The highest BCUT2D eigenvalue weighted by atomic mass is 127. The van der Waals surface area contributed by atoms with E-state index in [1.165, 1.54) is 18.5 Å². The number of alkyl halides is 1. The van der Waals surface area contributed by atoms with Gasteiger partial charge in [0.2, 0.25) is 0 Å². The minimum absolute atomic E-state index is 0.579. The molecule has 0 nitrogen and oxygen atoms in total. The smallest absolute Gasteiger partial charge is 0.0579 e. The summed E-state index contributed by atoms with van der Waals surface area (Å²) in [5.74, 6) is 0.579. The summed E-state index contributed by atoms with van der Waals surface area (Å²) in [7, 11) is 0. The number of hydrogen-bond donors (Lipinski definition) is 0. The summed E-state index contributed by atoms with van der Waals surface area (Å²) in [6.45, 7) is 0. The molecule has 0 saturated heterocycles. The molecule has 0 spiro atoms. The zero-order valence-corrected chi connectivity index (χ0v) is 11.0. The molecule has 1 aromatic carbocycles. The average molecular weight is 343 g/mol. The summed E-state index contributed by atoms with van der Waals surface area (Å²) in [4.78, 5) is 1.22. The van der Waals surface area contributed by atoms with Gasteiger partial charge in [-0.1, -0.05) is 17.7 Å².